The minimum Gasteiger partial charge on any atom is -0.464 e. The van der Waals surface area contributed by atoms with E-state index in [1.165, 1.54) is 12.1 Å². The number of carbonyl (C=O) groups is 2. The minimum atomic E-state index is -4.44. The molecule has 0 aliphatic rings. The topological polar surface area (TPSA) is 93.2 Å². The molecule has 3 rings (SSSR count). The molecule has 3 aromatic rings. The summed E-state index contributed by atoms with van der Waals surface area (Å²) in [6.07, 6.45) is 0. The predicted octanol–water partition coefficient (Wildman–Crippen LogP) is 4.34. The maximum absolute atomic E-state index is 14.4. The van der Waals surface area contributed by atoms with E-state index < -0.39 is 34.0 Å². The molecule has 38 heavy (non-hydrogen) atoms. The first-order chi connectivity index (χ1) is 18.1. The molecular formula is C29H34N2O6S. The number of sulfonamides is 1. The second kappa shape index (κ2) is 12.7. The summed E-state index contributed by atoms with van der Waals surface area (Å²) in [7, 11) is -0.648. The van der Waals surface area contributed by atoms with Crippen LogP contribution in [0.1, 0.15) is 36.6 Å². The van der Waals surface area contributed by atoms with Gasteiger partial charge >= 0.3 is 11.9 Å². The van der Waals surface area contributed by atoms with Gasteiger partial charge in [0, 0.05) is 19.8 Å². The van der Waals surface area contributed by atoms with Crippen molar-refractivity contribution < 1.29 is 27.5 Å². The number of anilines is 1. The van der Waals surface area contributed by atoms with Crippen molar-refractivity contribution in [1.29, 1.82) is 0 Å². The molecular weight excluding hydrogens is 504 g/mol. The lowest BCUT2D eigenvalue weighted by molar-refractivity contribution is -0.161. The van der Waals surface area contributed by atoms with Crippen LogP contribution in [0.3, 0.4) is 0 Å². The zero-order valence-electron chi connectivity index (χ0n) is 22.3. The van der Waals surface area contributed by atoms with Crippen LogP contribution in [0.2, 0.25) is 0 Å². The Morgan fingerprint density at radius 1 is 0.763 bits per heavy atom. The lowest BCUT2D eigenvalue weighted by Gasteiger charge is -2.35. The molecule has 0 aromatic heterocycles. The van der Waals surface area contributed by atoms with Gasteiger partial charge in [0.05, 0.1) is 24.2 Å². The van der Waals surface area contributed by atoms with Crippen molar-refractivity contribution in [1.82, 2.24) is 4.31 Å². The molecule has 9 heteroatoms. The first kappa shape index (κ1) is 28.9. The highest BCUT2D eigenvalue weighted by atomic mass is 32.2. The third-order valence-corrected chi connectivity index (χ3v) is 7.81. The van der Waals surface area contributed by atoms with Gasteiger partial charge in [0.25, 0.3) is 0 Å². The van der Waals surface area contributed by atoms with Gasteiger partial charge in [-0.3, -0.25) is 0 Å². The summed E-state index contributed by atoms with van der Waals surface area (Å²) in [6.45, 7) is 4.94. The van der Waals surface area contributed by atoms with Crippen molar-refractivity contribution in [3.8, 4) is 0 Å². The summed E-state index contributed by atoms with van der Waals surface area (Å²) < 4.78 is 40.1. The SMILES string of the molecule is CCOC(=O)C(C(=O)OCC)N(C(c1ccccc1)c1ccc(N(C)C)cc1)S(=O)(=O)c1ccc(C)cc1. The summed E-state index contributed by atoms with van der Waals surface area (Å²) in [4.78, 5) is 28.5. The average Bonchev–Trinajstić information content (AvgIpc) is 2.89. The predicted molar refractivity (Wildman–Crippen MR) is 146 cm³/mol. The zero-order chi connectivity index (χ0) is 27.9. The van der Waals surface area contributed by atoms with Gasteiger partial charge in [0.1, 0.15) is 0 Å². The van der Waals surface area contributed by atoms with Crippen molar-refractivity contribution in [3.05, 3.63) is 95.6 Å². The van der Waals surface area contributed by atoms with Gasteiger partial charge in [-0.15, -0.1) is 0 Å². The van der Waals surface area contributed by atoms with E-state index in [1.807, 2.05) is 44.1 Å². The van der Waals surface area contributed by atoms with Crippen LogP contribution in [0.5, 0.6) is 0 Å². The highest BCUT2D eigenvalue weighted by molar-refractivity contribution is 7.89. The molecule has 0 spiro atoms. The van der Waals surface area contributed by atoms with E-state index in [2.05, 4.69) is 0 Å². The molecule has 0 fully saturated rings. The molecule has 202 valence electrons. The fraction of sp³-hybridized carbons (Fsp3) is 0.310. The van der Waals surface area contributed by atoms with Crippen LogP contribution < -0.4 is 4.90 Å². The van der Waals surface area contributed by atoms with Gasteiger partial charge in [-0.1, -0.05) is 60.2 Å². The van der Waals surface area contributed by atoms with Crippen molar-refractivity contribution in [2.75, 3.05) is 32.2 Å². The molecule has 0 N–H and O–H groups in total. The smallest absolute Gasteiger partial charge is 0.336 e. The number of aryl methyl sites for hydroxylation is 1. The highest BCUT2D eigenvalue weighted by Gasteiger charge is 2.47. The van der Waals surface area contributed by atoms with E-state index in [-0.39, 0.29) is 18.1 Å². The molecule has 8 nitrogen and oxygen atoms in total. The molecule has 0 aliphatic heterocycles. The van der Waals surface area contributed by atoms with Gasteiger partial charge in [0.15, 0.2) is 0 Å². The van der Waals surface area contributed by atoms with Gasteiger partial charge < -0.3 is 14.4 Å². The summed E-state index contributed by atoms with van der Waals surface area (Å²) >= 11 is 0. The number of hydrogen-bond donors (Lipinski definition) is 0. The Kier molecular flexibility index (Phi) is 9.66. The van der Waals surface area contributed by atoms with Crippen LogP contribution in [0, 0.1) is 6.92 Å². The number of nitrogens with zero attached hydrogens (tertiary/aromatic N) is 2. The number of benzene rings is 3. The summed E-state index contributed by atoms with van der Waals surface area (Å²) in [5.74, 6) is -2.01. The molecule has 0 bridgehead atoms. The standard InChI is InChI=1S/C29H34N2O6S/c1-6-36-28(32)27(29(33)37-7-2)31(38(34,35)25-19-13-21(3)14-20-25)26(22-11-9-8-10-12-22)23-15-17-24(18-16-23)30(4)5/h8-20,26-27H,6-7H2,1-5H3. The van der Waals surface area contributed by atoms with Crippen molar-refractivity contribution in [3.63, 3.8) is 0 Å². The first-order valence-corrected chi connectivity index (χ1v) is 13.8. The fourth-order valence-electron chi connectivity index (χ4n) is 4.08. The Labute approximate surface area is 224 Å². The molecule has 0 radical (unpaired) electrons. The highest BCUT2D eigenvalue weighted by Crippen LogP contribution is 2.37. The number of esters is 2. The minimum absolute atomic E-state index is 0.0410. The van der Waals surface area contributed by atoms with E-state index in [0.29, 0.717) is 11.1 Å². The molecule has 3 aromatic carbocycles. The van der Waals surface area contributed by atoms with Gasteiger partial charge in [-0.2, -0.15) is 4.31 Å². The molecule has 0 saturated heterocycles. The van der Waals surface area contributed by atoms with Crippen LogP contribution in [-0.2, 0) is 29.1 Å². The Hall–Kier alpha value is -3.69. The lowest BCUT2D eigenvalue weighted by Crippen LogP contribution is -2.52. The first-order valence-electron chi connectivity index (χ1n) is 12.4. The third-order valence-electron chi connectivity index (χ3n) is 5.97. The van der Waals surface area contributed by atoms with Crippen LogP contribution in [0.4, 0.5) is 5.69 Å². The van der Waals surface area contributed by atoms with Crippen LogP contribution in [0.15, 0.2) is 83.8 Å². The second-order valence-corrected chi connectivity index (χ2v) is 10.7. The summed E-state index contributed by atoms with van der Waals surface area (Å²) in [6, 6.07) is 19.5. The summed E-state index contributed by atoms with van der Waals surface area (Å²) in [5, 5.41) is 0. The second-order valence-electron chi connectivity index (χ2n) is 8.85. The Bertz CT molecular complexity index is 1310. The van der Waals surface area contributed by atoms with Crippen LogP contribution in [0.25, 0.3) is 0 Å². The number of carbonyl (C=O) groups excluding carboxylic acids is 2. The lowest BCUT2D eigenvalue weighted by atomic mass is 9.97. The van der Waals surface area contributed by atoms with E-state index in [4.69, 9.17) is 9.47 Å². The molecule has 0 amide bonds. The number of hydrogen-bond acceptors (Lipinski definition) is 7. The van der Waals surface area contributed by atoms with Crippen molar-refractivity contribution in [2.45, 2.75) is 37.8 Å². The van der Waals surface area contributed by atoms with E-state index in [1.54, 1.807) is 62.4 Å². The Morgan fingerprint density at radius 2 is 1.26 bits per heavy atom. The van der Waals surface area contributed by atoms with Gasteiger partial charge in [0.2, 0.25) is 16.1 Å². The molecule has 0 saturated carbocycles. The van der Waals surface area contributed by atoms with E-state index in [9.17, 15) is 18.0 Å². The Morgan fingerprint density at radius 3 is 1.74 bits per heavy atom. The largest absolute Gasteiger partial charge is 0.464 e. The molecule has 0 heterocycles. The van der Waals surface area contributed by atoms with Crippen LogP contribution in [-0.4, -0.2) is 58.0 Å². The number of ether oxygens (including phenoxy) is 2. The van der Waals surface area contributed by atoms with Crippen molar-refractivity contribution in [2.24, 2.45) is 0 Å². The maximum Gasteiger partial charge on any atom is 0.336 e. The molecule has 1 atom stereocenters. The average molecular weight is 539 g/mol. The molecule has 0 aliphatic carbocycles. The van der Waals surface area contributed by atoms with Gasteiger partial charge in [-0.05, 0) is 56.2 Å². The third kappa shape index (κ3) is 6.41. The quantitative estimate of drug-likeness (QED) is 0.265. The maximum atomic E-state index is 14.4. The monoisotopic (exact) mass is 538 g/mol. The van der Waals surface area contributed by atoms with Crippen LogP contribution >= 0.6 is 0 Å². The number of rotatable bonds is 11. The summed E-state index contributed by atoms with van der Waals surface area (Å²) in [5.41, 5.74) is 2.90. The molecule has 1 unspecified atom stereocenters. The normalized spacial score (nSPS) is 12.3. The van der Waals surface area contributed by atoms with E-state index in [0.717, 1.165) is 15.6 Å². The van der Waals surface area contributed by atoms with Gasteiger partial charge in [-0.25, -0.2) is 18.0 Å². The van der Waals surface area contributed by atoms with E-state index >= 15 is 0 Å². The zero-order valence-corrected chi connectivity index (χ0v) is 23.1. The van der Waals surface area contributed by atoms with Crippen molar-refractivity contribution >= 4 is 27.6 Å². The fourth-order valence-corrected chi connectivity index (χ4v) is 5.78. The Balaban J connectivity index is 2.36.